The van der Waals surface area contributed by atoms with Crippen molar-refractivity contribution in [3.63, 3.8) is 0 Å². The third kappa shape index (κ3) is 4.46. The number of amides is 1. The molecule has 1 amide bonds. The lowest BCUT2D eigenvalue weighted by atomic mass is 10.1. The number of carbonyl (C=O) groups is 1. The van der Waals surface area contributed by atoms with E-state index in [1.54, 1.807) is 32.4 Å². The van der Waals surface area contributed by atoms with Gasteiger partial charge >= 0.3 is 0 Å². The van der Waals surface area contributed by atoms with E-state index in [1.807, 2.05) is 10.8 Å². The molecule has 25 heavy (non-hydrogen) atoms. The average Bonchev–Trinajstić information content (AvgIpc) is 3.06. The molecule has 1 aromatic heterocycles. The normalized spacial score (nSPS) is 11.7. The summed E-state index contributed by atoms with van der Waals surface area (Å²) in [5.74, 6) is -0.274. The van der Waals surface area contributed by atoms with Gasteiger partial charge in [0.2, 0.25) is 10.0 Å². The zero-order valence-corrected chi connectivity index (χ0v) is 15.8. The number of aromatic nitrogens is 2. The summed E-state index contributed by atoms with van der Waals surface area (Å²) in [6.45, 7) is 4.81. The van der Waals surface area contributed by atoms with Gasteiger partial charge in [-0.2, -0.15) is 0 Å². The van der Waals surface area contributed by atoms with E-state index in [0.29, 0.717) is 17.7 Å². The van der Waals surface area contributed by atoms with Gasteiger partial charge in [0.05, 0.1) is 11.2 Å². The van der Waals surface area contributed by atoms with Crippen molar-refractivity contribution in [2.75, 3.05) is 20.6 Å². The highest BCUT2D eigenvalue weighted by molar-refractivity contribution is 7.89. The fourth-order valence-electron chi connectivity index (χ4n) is 2.41. The number of nitrogens with zero attached hydrogens (tertiary/aromatic N) is 3. The second-order valence-corrected chi connectivity index (χ2v) is 8.23. The molecule has 0 radical (unpaired) electrons. The third-order valence-electron chi connectivity index (χ3n) is 4.08. The minimum atomic E-state index is -3.60. The maximum absolute atomic E-state index is 12.5. The zero-order chi connectivity index (χ0) is 18.6. The quantitative estimate of drug-likeness (QED) is 0.756. The van der Waals surface area contributed by atoms with Crippen molar-refractivity contribution >= 4 is 15.9 Å². The molecule has 0 aliphatic rings. The number of hydrogen-bond donors (Lipinski definition) is 1. The van der Waals surface area contributed by atoms with E-state index >= 15 is 0 Å². The second kappa shape index (κ2) is 7.79. The lowest BCUT2D eigenvalue weighted by Crippen LogP contribution is -2.27. The van der Waals surface area contributed by atoms with Crippen LogP contribution in [0.3, 0.4) is 0 Å². The molecule has 7 nitrogen and oxygen atoms in total. The molecule has 0 unspecified atom stereocenters. The van der Waals surface area contributed by atoms with Crippen molar-refractivity contribution in [3.8, 4) is 0 Å². The molecule has 0 spiro atoms. The van der Waals surface area contributed by atoms with Gasteiger partial charge in [-0.3, -0.25) is 4.79 Å². The van der Waals surface area contributed by atoms with Gasteiger partial charge in [-0.1, -0.05) is 0 Å². The summed E-state index contributed by atoms with van der Waals surface area (Å²) in [6, 6.07) is 3.16. The Labute approximate surface area is 148 Å². The minimum Gasteiger partial charge on any atom is -0.352 e. The summed E-state index contributed by atoms with van der Waals surface area (Å²) in [5, 5.41) is 2.83. The maximum atomic E-state index is 12.5. The fourth-order valence-corrected chi connectivity index (χ4v) is 3.62. The topological polar surface area (TPSA) is 84.3 Å². The van der Waals surface area contributed by atoms with Gasteiger partial charge in [0.15, 0.2) is 0 Å². The average molecular weight is 364 g/mol. The first-order chi connectivity index (χ1) is 11.7. The smallest absolute Gasteiger partial charge is 0.251 e. The Kier molecular flexibility index (Phi) is 5.97. The molecule has 0 fully saturated rings. The van der Waals surface area contributed by atoms with E-state index in [1.165, 1.54) is 20.2 Å². The van der Waals surface area contributed by atoms with Crippen molar-refractivity contribution in [2.24, 2.45) is 0 Å². The van der Waals surface area contributed by atoms with E-state index in [2.05, 4.69) is 10.3 Å². The van der Waals surface area contributed by atoms with Crippen molar-refractivity contribution in [2.45, 2.75) is 31.7 Å². The molecule has 1 heterocycles. The molecule has 0 bridgehead atoms. The second-order valence-electron chi connectivity index (χ2n) is 6.11. The summed E-state index contributed by atoms with van der Waals surface area (Å²) in [4.78, 5) is 16.5. The summed E-state index contributed by atoms with van der Waals surface area (Å²) in [7, 11) is -0.640. The number of rotatable bonds is 7. The fraction of sp³-hybridized carbons (Fsp3) is 0.412. The number of benzene rings is 1. The highest BCUT2D eigenvalue weighted by Gasteiger charge is 2.22. The van der Waals surface area contributed by atoms with E-state index in [-0.39, 0.29) is 10.8 Å². The first-order valence-electron chi connectivity index (χ1n) is 8.01. The van der Waals surface area contributed by atoms with Gasteiger partial charge in [0, 0.05) is 45.1 Å². The molecule has 2 aromatic rings. The largest absolute Gasteiger partial charge is 0.352 e. The van der Waals surface area contributed by atoms with E-state index in [9.17, 15) is 13.2 Å². The molecule has 0 saturated carbocycles. The van der Waals surface area contributed by atoms with Crippen LogP contribution in [-0.2, 0) is 16.6 Å². The van der Waals surface area contributed by atoms with Crippen LogP contribution in [0, 0.1) is 13.8 Å². The third-order valence-corrected chi connectivity index (χ3v) is 6.02. The number of sulfonamides is 1. The zero-order valence-electron chi connectivity index (χ0n) is 15.0. The van der Waals surface area contributed by atoms with Crippen LogP contribution >= 0.6 is 0 Å². The first kappa shape index (κ1) is 19.1. The summed E-state index contributed by atoms with van der Waals surface area (Å²) in [6.07, 6.45) is 6.06. The van der Waals surface area contributed by atoms with Crippen LogP contribution in [-0.4, -0.2) is 48.8 Å². The predicted octanol–water partition coefficient (Wildman–Crippen LogP) is 1.57. The van der Waals surface area contributed by atoms with Crippen LogP contribution in [0.15, 0.2) is 35.7 Å². The molecular formula is C17H24N4O3S. The van der Waals surface area contributed by atoms with Crippen molar-refractivity contribution in [3.05, 3.63) is 47.5 Å². The van der Waals surface area contributed by atoms with E-state index < -0.39 is 10.0 Å². The van der Waals surface area contributed by atoms with Crippen LogP contribution in [0.2, 0.25) is 0 Å². The predicted molar refractivity (Wildman–Crippen MR) is 96.0 cm³/mol. The van der Waals surface area contributed by atoms with Crippen LogP contribution in [0.5, 0.6) is 0 Å². The van der Waals surface area contributed by atoms with E-state index in [4.69, 9.17) is 0 Å². The molecular weight excluding hydrogens is 340 g/mol. The lowest BCUT2D eigenvalue weighted by Gasteiger charge is -2.16. The maximum Gasteiger partial charge on any atom is 0.251 e. The Morgan fingerprint density at radius 3 is 2.60 bits per heavy atom. The van der Waals surface area contributed by atoms with Gasteiger partial charge in [0.25, 0.3) is 5.91 Å². The van der Waals surface area contributed by atoms with Crippen LogP contribution < -0.4 is 5.32 Å². The number of carbonyl (C=O) groups excluding carboxylic acids is 1. The van der Waals surface area contributed by atoms with Gasteiger partial charge in [0.1, 0.15) is 0 Å². The highest BCUT2D eigenvalue weighted by Crippen LogP contribution is 2.23. The molecule has 0 aliphatic heterocycles. The Hall–Kier alpha value is -2.19. The Morgan fingerprint density at radius 2 is 2.00 bits per heavy atom. The Balaban J connectivity index is 2.10. The molecule has 2 rings (SSSR count). The minimum absolute atomic E-state index is 0.168. The molecule has 8 heteroatoms. The molecule has 136 valence electrons. The SMILES string of the molecule is Cc1cc(C(=O)NCCCn2ccnc2)cc(S(=O)(=O)N(C)C)c1C. The first-order valence-corrected chi connectivity index (χ1v) is 9.45. The molecule has 1 aromatic carbocycles. The van der Waals surface area contributed by atoms with Crippen LogP contribution in [0.1, 0.15) is 27.9 Å². The van der Waals surface area contributed by atoms with Gasteiger partial charge in [-0.15, -0.1) is 0 Å². The van der Waals surface area contributed by atoms with Crippen molar-refractivity contribution < 1.29 is 13.2 Å². The summed E-state index contributed by atoms with van der Waals surface area (Å²) < 4.78 is 28.0. The van der Waals surface area contributed by atoms with E-state index in [0.717, 1.165) is 22.8 Å². The monoisotopic (exact) mass is 364 g/mol. The number of imidazole rings is 1. The standard InChI is InChI=1S/C17H24N4O3S/c1-13-10-15(11-16(14(13)2)25(23,24)20(3)4)17(22)19-6-5-8-21-9-7-18-12-21/h7,9-12H,5-6,8H2,1-4H3,(H,19,22). The summed E-state index contributed by atoms with van der Waals surface area (Å²) >= 11 is 0. The van der Waals surface area contributed by atoms with Crippen LogP contribution in [0.4, 0.5) is 0 Å². The van der Waals surface area contributed by atoms with Gasteiger partial charge in [-0.25, -0.2) is 17.7 Å². The molecule has 0 aliphatic carbocycles. The Morgan fingerprint density at radius 1 is 1.28 bits per heavy atom. The lowest BCUT2D eigenvalue weighted by molar-refractivity contribution is 0.0952. The van der Waals surface area contributed by atoms with Crippen molar-refractivity contribution in [1.82, 2.24) is 19.2 Å². The highest BCUT2D eigenvalue weighted by atomic mass is 32.2. The van der Waals surface area contributed by atoms with Crippen molar-refractivity contribution in [1.29, 1.82) is 0 Å². The molecule has 1 N–H and O–H groups in total. The van der Waals surface area contributed by atoms with Gasteiger partial charge in [-0.05, 0) is 43.5 Å². The molecule has 0 atom stereocenters. The Bertz CT molecular complexity index is 843. The van der Waals surface area contributed by atoms with Gasteiger partial charge < -0.3 is 9.88 Å². The number of hydrogen-bond acceptors (Lipinski definition) is 4. The molecule has 0 saturated heterocycles. The number of aryl methyl sites for hydroxylation is 2. The van der Waals surface area contributed by atoms with Crippen LogP contribution in [0.25, 0.3) is 0 Å². The number of nitrogens with one attached hydrogen (secondary N) is 1. The summed E-state index contributed by atoms with van der Waals surface area (Å²) in [5.41, 5.74) is 1.78.